The van der Waals surface area contributed by atoms with Crippen LogP contribution in [0, 0.1) is 0 Å². The molecule has 0 spiro atoms. The number of anilines is 1. The molecule has 0 aromatic heterocycles. The van der Waals surface area contributed by atoms with E-state index in [1.165, 1.54) is 5.69 Å². The number of rotatable bonds is 5. The molecule has 1 saturated heterocycles. The maximum Gasteiger partial charge on any atom is 0.164 e. The van der Waals surface area contributed by atoms with Crippen molar-refractivity contribution in [2.75, 3.05) is 37.6 Å². The molecule has 0 aliphatic carbocycles. The molecule has 4 heteroatoms. The average molecular weight is 329 g/mol. The van der Waals surface area contributed by atoms with Crippen LogP contribution >= 0.6 is 11.6 Å². The van der Waals surface area contributed by atoms with Crippen molar-refractivity contribution < 1.29 is 4.79 Å². The van der Waals surface area contributed by atoms with Gasteiger partial charge in [0.1, 0.15) is 0 Å². The van der Waals surface area contributed by atoms with Crippen LogP contribution in [-0.2, 0) is 0 Å². The lowest BCUT2D eigenvalue weighted by atomic mass is 10.1. The van der Waals surface area contributed by atoms with Crippen molar-refractivity contribution >= 4 is 23.1 Å². The largest absolute Gasteiger partial charge is 0.369 e. The van der Waals surface area contributed by atoms with E-state index < -0.39 is 0 Å². The van der Waals surface area contributed by atoms with Crippen LogP contribution in [0.1, 0.15) is 16.8 Å². The van der Waals surface area contributed by atoms with Crippen molar-refractivity contribution in [3.05, 3.63) is 65.2 Å². The summed E-state index contributed by atoms with van der Waals surface area (Å²) in [6, 6.07) is 17.5. The van der Waals surface area contributed by atoms with E-state index in [1.54, 1.807) is 0 Å². The summed E-state index contributed by atoms with van der Waals surface area (Å²) < 4.78 is 0. The molecule has 23 heavy (non-hydrogen) atoms. The van der Waals surface area contributed by atoms with Crippen LogP contribution in [0.15, 0.2) is 54.6 Å². The van der Waals surface area contributed by atoms with Crippen molar-refractivity contribution in [1.82, 2.24) is 4.90 Å². The van der Waals surface area contributed by atoms with E-state index in [4.69, 9.17) is 11.6 Å². The number of Topliss-reactive ketones (excluding diaryl/α,β-unsaturated/α-hetero) is 1. The zero-order chi connectivity index (χ0) is 16.1. The third kappa shape index (κ3) is 4.34. The van der Waals surface area contributed by atoms with Crippen molar-refractivity contribution in [2.24, 2.45) is 0 Å². The summed E-state index contributed by atoms with van der Waals surface area (Å²) in [5.41, 5.74) is 1.99. The predicted molar refractivity (Wildman–Crippen MR) is 95.5 cm³/mol. The van der Waals surface area contributed by atoms with Gasteiger partial charge in [-0.2, -0.15) is 0 Å². The quantitative estimate of drug-likeness (QED) is 0.781. The minimum absolute atomic E-state index is 0.225. The van der Waals surface area contributed by atoms with Crippen LogP contribution < -0.4 is 4.90 Å². The second-order valence-corrected chi connectivity index (χ2v) is 6.28. The van der Waals surface area contributed by atoms with Crippen molar-refractivity contribution in [1.29, 1.82) is 0 Å². The van der Waals surface area contributed by atoms with Crippen molar-refractivity contribution in [2.45, 2.75) is 6.42 Å². The van der Waals surface area contributed by atoms with Gasteiger partial charge in [-0.25, -0.2) is 0 Å². The molecule has 120 valence electrons. The molecular weight excluding hydrogens is 308 g/mol. The van der Waals surface area contributed by atoms with Crippen LogP contribution in [0.25, 0.3) is 0 Å². The van der Waals surface area contributed by atoms with Crippen molar-refractivity contribution in [3.63, 3.8) is 0 Å². The van der Waals surface area contributed by atoms with Crippen molar-refractivity contribution in [3.8, 4) is 0 Å². The molecule has 0 amide bonds. The lowest BCUT2D eigenvalue weighted by Crippen LogP contribution is -2.46. The summed E-state index contributed by atoms with van der Waals surface area (Å²) in [7, 11) is 0. The summed E-state index contributed by atoms with van der Waals surface area (Å²) in [4.78, 5) is 16.9. The van der Waals surface area contributed by atoms with Gasteiger partial charge in [0.25, 0.3) is 0 Å². The fourth-order valence-corrected chi connectivity index (χ4v) is 3.12. The molecule has 0 unspecified atom stereocenters. The molecule has 0 atom stereocenters. The van der Waals surface area contributed by atoms with Crippen LogP contribution in [0.5, 0.6) is 0 Å². The second kappa shape index (κ2) is 7.62. The van der Waals surface area contributed by atoms with E-state index in [0.29, 0.717) is 6.42 Å². The molecule has 2 aromatic carbocycles. The van der Waals surface area contributed by atoms with E-state index in [0.717, 1.165) is 43.3 Å². The first-order chi connectivity index (χ1) is 11.2. The normalized spacial score (nSPS) is 15.6. The first-order valence-corrected chi connectivity index (χ1v) is 8.41. The zero-order valence-corrected chi connectivity index (χ0v) is 13.9. The molecule has 1 heterocycles. The van der Waals surface area contributed by atoms with Gasteiger partial charge in [-0.1, -0.05) is 48.0 Å². The third-order valence-corrected chi connectivity index (χ3v) is 4.53. The molecule has 1 fully saturated rings. The van der Waals surface area contributed by atoms with Gasteiger partial charge in [0.2, 0.25) is 0 Å². The number of nitrogens with zero attached hydrogens (tertiary/aromatic N) is 2. The Bertz CT molecular complexity index is 651. The summed E-state index contributed by atoms with van der Waals surface area (Å²) in [5.74, 6) is 0.225. The lowest BCUT2D eigenvalue weighted by Gasteiger charge is -2.36. The maximum absolute atomic E-state index is 12.2. The highest BCUT2D eigenvalue weighted by Gasteiger charge is 2.18. The van der Waals surface area contributed by atoms with Crippen LogP contribution in [0.4, 0.5) is 5.69 Å². The highest BCUT2D eigenvalue weighted by molar-refractivity contribution is 6.30. The highest BCUT2D eigenvalue weighted by atomic mass is 35.5. The van der Waals surface area contributed by atoms with E-state index in [9.17, 15) is 4.79 Å². The average Bonchev–Trinajstić information content (AvgIpc) is 2.61. The number of halogens is 1. The number of hydrogen-bond acceptors (Lipinski definition) is 3. The first-order valence-electron chi connectivity index (χ1n) is 8.03. The Hall–Kier alpha value is -1.84. The summed E-state index contributed by atoms with van der Waals surface area (Å²) in [6.45, 7) is 4.74. The number of carbonyl (C=O) groups excluding carboxylic acids is 1. The molecule has 1 aliphatic heterocycles. The van der Waals surface area contributed by atoms with Crippen LogP contribution in [-0.4, -0.2) is 43.4 Å². The Kier molecular flexibility index (Phi) is 5.31. The maximum atomic E-state index is 12.2. The minimum atomic E-state index is 0.225. The van der Waals surface area contributed by atoms with Gasteiger partial charge in [0, 0.05) is 55.4 Å². The van der Waals surface area contributed by atoms with Crippen LogP contribution in [0.3, 0.4) is 0 Å². The Morgan fingerprint density at radius 1 is 0.957 bits per heavy atom. The number of hydrogen-bond donors (Lipinski definition) is 0. The molecule has 3 rings (SSSR count). The first kappa shape index (κ1) is 16.0. The van der Waals surface area contributed by atoms with Gasteiger partial charge in [0.05, 0.1) is 0 Å². The standard InChI is InChI=1S/C19H21ClN2O/c20-17-7-4-8-18(15-17)22-13-11-21(12-14-22)10-9-19(23)16-5-2-1-3-6-16/h1-8,15H,9-14H2. The van der Waals surface area contributed by atoms with E-state index in [2.05, 4.69) is 15.9 Å². The lowest BCUT2D eigenvalue weighted by molar-refractivity contribution is 0.0962. The fraction of sp³-hybridized carbons (Fsp3) is 0.316. The molecule has 0 bridgehead atoms. The molecule has 0 N–H and O–H groups in total. The van der Waals surface area contributed by atoms with Gasteiger partial charge < -0.3 is 4.90 Å². The monoisotopic (exact) mass is 328 g/mol. The molecule has 3 nitrogen and oxygen atoms in total. The number of ketones is 1. The molecule has 0 radical (unpaired) electrons. The van der Waals surface area contributed by atoms with Gasteiger partial charge in [0.15, 0.2) is 5.78 Å². The zero-order valence-electron chi connectivity index (χ0n) is 13.1. The van der Waals surface area contributed by atoms with Gasteiger partial charge in [-0.3, -0.25) is 9.69 Å². The van der Waals surface area contributed by atoms with Gasteiger partial charge in [-0.15, -0.1) is 0 Å². The molecular formula is C19H21ClN2O. The Balaban J connectivity index is 1.47. The fourth-order valence-electron chi connectivity index (χ4n) is 2.93. The van der Waals surface area contributed by atoms with E-state index >= 15 is 0 Å². The van der Waals surface area contributed by atoms with E-state index in [1.807, 2.05) is 48.5 Å². The smallest absolute Gasteiger partial charge is 0.164 e. The number of benzene rings is 2. The Morgan fingerprint density at radius 3 is 2.39 bits per heavy atom. The number of piperazine rings is 1. The molecule has 2 aromatic rings. The van der Waals surface area contributed by atoms with E-state index in [-0.39, 0.29) is 5.78 Å². The van der Waals surface area contributed by atoms with Gasteiger partial charge in [-0.05, 0) is 18.2 Å². The third-order valence-electron chi connectivity index (χ3n) is 4.30. The minimum Gasteiger partial charge on any atom is -0.369 e. The molecule has 1 aliphatic rings. The number of carbonyl (C=O) groups is 1. The topological polar surface area (TPSA) is 23.6 Å². The Labute approximate surface area is 142 Å². The summed E-state index contributed by atoms with van der Waals surface area (Å²) >= 11 is 6.06. The summed E-state index contributed by atoms with van der Waals surface area (Å²) in [5, 5.41) is 0.776. The summed E-state index contributed by atoms with van der Waals surface area (Å²) in [6.07, 6.45) is 0.585. The van der Waals surface area contributed by atoms with Gasteiger partial charge >= 0.3 is 0 Å². The highest BCUT2D eigenvalue weighted by Crippen LogP contribution is 2.20. The predicted octanol–water partition coefficient (Wildman–Crippen LogP) is 3.74. The second-order valence-electron chi connectivity index (χ2n) is 5.85. The molecule has 0 saturated carbocycles. The SMILES string of the molecule is O=C(CCN1CCN(c2cccc(Cl)c2)CC1)c1ccccc1. The van der Waals surface area contributed by atoms with Crippen LogP contribution in [0.2, 0.25) is 5.02 Å². The Morgan fingerprint density at radius 2 is 1.70 bits per heavy atom.